The van der Waals surface area contributed by atoms with E-state index in [2.05, 4.69) is 14.0 Å². The molecule has 108 valence electrons. The molecular formula is C12H16N4O3S. The number of nitrogens with zero attached hydrogens (tertiary/aromatic N) is 2. The number of rotatable bonds is 2. The van der Waals surface area contributed by atoms with Crippen molar-refractivity contribution >= 4 is 21.7 Å². The van der Waals surface area contributed by atoms with Gasteiger partial charge in [0.25, 0.3) is 0 Å². The van der Waals surface area contributed by atoms with Gasteiger partial charge in [-0.1, -0.05) is 6.07 Å². The van der Waals surface area contributed by atoms with Crippen molar-refractivity contribution < 1.29 is 13.2 Å². The maximum absolute atomic E-state index is 11.5. The second-order valence-corrected chi connectivity index (χ2v) is 6.36. The third-order valence-corrected chi connectivity index (χ3v) is 4.30. The normalized spacial score (nSPS) is 24.6. The lowest BCUT2D eigenvalue weighted by molar-refractivity contribution is 0.208. The van der Waals surface area contributed by atoms with Crippen LogP contribution in [0.2, 0.25) is 0 Å². The van der Waals surface area contributed by atoms with E-state index >= 15 is 0 Å². The molecule has 1 unspecified atom stereocenters. The van der Waals surface area contributed by atoms with Crippen molar-refractivity contribution in [1.82, 2.24) is 4.90 Å². The summed E-state index contributed by atoms with van der Waals surface area (Å²) in [4.78, 5) is 2.18. The van der Waals surface area contributed by atoms with Gasteiger partial charge in [0.15, 0.2) is 5.84 Å². The highest BCUT2D eigenvalue weighted by Gasteiger charge is 2.27. The first kappa shape index (κ1) is 13.2. The van der Waals surface area contributed by atoms with Crippen molar-refractivity contribution in [2.45, 2.75) is 12.5 Å². The minimum absolute atomic E-state index is 0.0410. The Morgan fingerprint density at radius 2 is 2.30 bits per heavy atom. The van der Waals surface area contributed by atoms with Crippen LogP contribution in [0.3, 0.4) is 0 Å². The molecule has 2 aliphatic rings. The van der Waals surface area contributed by atoms with E-state index in [9.17, 15) is 8.42 Å². The van der Waals surface area contributed by atoms with E-state index in [0.717, 1.165) is 19.5 Å². The number of amidine groups is 1. The van der Waals surface area contributed by atoms with E-state index in [-0.39, 0.29) is 11.9 Å². The fourth-order valence-corrected chi connectivity index (χ4v) is 3.33. The third kappa shape index (κ3) is 2.44. The summed E-state index contributed by atoms with van der Waals surface area (Å²) in [5.74, 6) is 0.521. The number of ether oxygens (including phenoxy) is 1. The first-order valence-corrected chi connectivity index (χ1v) is 7.75. The molecule has 2 aliphatic heterocycles. The molecule has 8 heteroatoms. The van der Waals surface area contributed by atoms with Crippen molar-refractivity contribution in [2.75, 3.05) is 24.9 Å². The van der Waals surface area contributed by atoms with Crippen LogP contribution in [-0.2, 0) is 10.2 Å². The first-order valence-electron chi connectivity index (χ1n) is 6.31. The molecule has 1 saturated heterocycles. The Labute approximate surface area is 117 Å². The van der Waals surface area contributed by atoms with Crippen LogP contribution in [0, 0.1) is 0 Å². The number of hydrogen-bond acceptors (Lipinski definition) is 5. The fourth-order valence-electron chi connectivity index (χ4n) is 2.49. The molecule has 7 nitrogen and oxygen atoms in total. The average Bonchev–Trinajstić information content (AvgIpc) is 2.72. The maximum atomic E-state index is 11.5. The molecule has 1 fully saturated rings. The van der Waals surface area contributed by atoms with E-state index in [0.29, 0.717) is 17.0 Å². The van der Waals surface area contributed by atoms with Gasteiger partial charge in [-0.05, 0) is 25.6 Å². The molecule has 0 aliphatic carbocycles. The Bertz CT molecular complexity index is 671. The summed E-state index contributed by atoms with van der Waals surface area (Å²) >= 11 is 0. The lowest BCUT2D eigenvalue weighted by Gasteiger charge is -2.21. The maximum Gasteiger partial charge on any atom is 0.344 e. The Morgan fingerprint density at radius 3 is 3.00 bits per heavy atom. The summed E-state index contributed by atoms with van der Waals surface area (Å²) in [6.07, 6.45) is 1.01. The number of likely N-dealkylation sites (tertiary alicyclic amines) is 1. The van der Waals surface area contributed by atoms with Crippen LogP contribution in [0.1, 0.15) is 12.0 Å². The highest BCUT2D eigenvalue weighted by molar-refractivity contribution is 7.91. The Morgan fingerprint density at radius 1 is 1.50 bits per heavy atom. The van der Waals surface area contributed by atoms with E-state index in [1.165, 1.54) is 0 Å². The second-order valence-electron chi connectivity index (χ2n) is 5.02. The van der Waals surface area contributed by atoms with Gasteiger partial charge in [-0.2, -0.15) is 8.42 Å². The fraction of sp³-hybridized carbons (Fsp3) is 0.417. The van der Waals surface area contributed by atoms with Crippen molar-refractivity contribution in [3.8, 4) is 5.75 Å². The summed E-state index contributed by atoms with van der Waals surface area (Å²) in [6, 6.07) is 5.15. The molecule has 1 aromatic rings. The van der Waals surface area contributed by atoms with E-state index < -0.39 is 10.2 Å². The SMILES string of the molecule is CN1CCC(Oc2cccc3c2C(N)=NS(=O)(=O)N3)C1. The highest BCUT2D eigenvalue weighted by atomic mass is 32.2. The molecule has 0 radical (unpaired) electrons. The van der Waals surface area contributed by atoms with Gasteiger partial charge < -0.3 is 15.4 Å². The molecular weight excluding hydrogens is 280 g/mol. The van der Waals surface area contributed by atoms with Gasteiger partial charge >= 0.3 is 10.2 Å². The summed E-state index contributed by atoms with van der Waals surface area (Å²) in [5.41, 5.74) is 6.68. The molecule has 0 spiro atoms. The molecule has 2 heterocycles. The molecule has 1 aromatic carbocycles. The van der Waals surface area contributed by atoms with Gasteiger partial charge in [0, 0.05) is 13.1 Å². The first-order chi connectivity index (χ1) is 9.44. The van der Waals surface area contributed by atoms with Gasteiger partial charge in [0.05, 0.1) is 11.3 Å². The smallest absolute Gasteiger partial charge is 0.344 e. The Kier molecular flexibility index (Phi) is 3.06. The van der Waals surface area contributed by atoms with Crippen LogP contribution in [0.15, 0.2) is 22.6 Å². The Balaban J connectivity index is 1.94. The molecule has 0 aromatic heterocycles. The molecule has 0 amide bonds. The van der Waals surface area contributed by atoms with Crippen molar-refractivity contribution in [3.05, 3.63) is 23.8 Å². The van der Waals surface area contributed by atoms with Crippen molar-refractivity contribution in [1.29, 1.82) is 0 Å². The predicted octanol–water partition coefficient (Wildman–Crippen LogP) is 0.145. The van der Waals surface area contributed by atoms with Crippen LogP contribution < -0.4 is 15.2 Å². The standard InChI is InChI=1S/C12H16N4O3S/c1-16-6-5-8(7-16)19-10-4-2-3-9-11(10)12(13)15-20(17,18)14-9/h2-4,8,14H,5-7H2,1H3,(H2,13,15). The van der Waals surface area contributed by atoms with Crippen molar-refractivity contribution in [2.24, 2.45) is 10.1 Å². The summed E-state index contributed by atoms with van der Waals surface area (Å²) in [5, 5.41) is 0. The van der Waals surface area contributed by atoms with Crippen LogP contribution in [0.25, 0.3) is 0 Å². The molecule has 3 rings (SSSR count). The highest BCUT2D eigenvalue weighted by Crippen LogP contribution is 2.31. The second kappa shape index (κ2) is 4.64. The van der Waals surface area contributed by atoms with Crippen molar-refractivity contribution in [3.63, 3.8) is 0 Å². The zero-order valence-corrected chi connectivity index (χ0v) is 11.9. The number of nitrogens with two attached hydrogens (primary N) is 1. The number of hydrogen-bond donors (Lipinski definition) is 2. The van der Waals surface area contributed by atoms with E-state index in [1.54, 1.807) is 18.2 Å². The number of likely N-dealkylation sites (N-methyl/N-ethyl adjacent to an activating group) is 1. The lowest BCUT2D eigenvalue weighted by Crippen LogP contribution is -2.28. The van der Waals surface area contributed by atoms with Gasteiger partial charge in [-0.25, -0.2) is 0 Å². The molecule has 0 saturated carbocycles. The van der Waals surface area contributed by atoms with Gasteiger partial charge in [0.1, 0.15) is 11.9 Å². The zero-order chi connectivity index (χ0) is 14.3. The van der Waals surface area contributed by atoms with Crippen LogP contribution >= 0.6 is 0 Å². The van der Waals surface area contributed by atoms with Gasteiger partial charge in [-0.15, -0.1) is 4.40 Å². The predicted molar refractivity (Wildman–Crippen MR) is 76.2 cm³/mol. The topological polar surface area (TPSA) is 97.0 Å². The number of fused-ring (bicyclic) bond motifs is 1. The van der Waals surface area contributed by atoms with Crippen LogP contribution in [0.4, 0.5) is 5.69 Å². The summed E-state index contributed by atoms with van der Waals surface area (Å²) in [7, 11) is -1.71. The van der Waals surface area contributed by atoms with E-state index in [1.807, 2.05) is 7.05 Å². The molecule has 1 atom stereocenters. The largest absolute Gasteiger partial charge is 0.488 e. The summed E-state index contributed by atoms with van der Waals surface area (Å²) < 4.78 is 34.8. The zero-order valence-electron chi connectivity index (χ0n) is 11.0. The number of benzene rings is 1. The van der Waals surface area contributed by atoms with Crippen LogP contribution in [-0.4, -0.2) is 45.4 Å². The molecule has 20 heavy (non-hydrogen) atoms. The minimum atomic E-state index is -3.75. The lowest BCUT2D eigenvalue weighted by atomic mass is 10.1. The Hall–Kier alpha value is -1.80. The average molecular weight is 296 g/mol. The number of anilines is 1. The molecule has 3 N–H and O–H groups in total. The number of nitrogens with one attached hydrogen (secondary N) is 1. The van der Waals surface area contributed by atoms with Gasteiger partial charge in [-0.3, -0.25) is 4.72 Å². The minimum Gasteiger partial charge on any atom is -0.488 e. The quantitative estimate of drug-likeness (QED) is 0.809. The van der Waals surface area contributed by atoms with E-state index in [4.69, 9.17) is 10.5 Å². The molecule has 0 bridgehead atoms. The van der Waals surface area contributed by atoms with Gasteiger partial charge in [0.2, 0.25) is 0 Å². The third-order valence-electron chi connectivity index (χ3n) is 3.38. The monoisotopic (exact) mass is 296 g/mol. The summed E-state index contributed by atoms with van der Waals surface area (Å²) in [6.45, 7) is 1.82. The van der Waals surface area contributed by atoms with Crippen LogP contribution in [0.5, 0.6) is 5.75 Å².